The van der Waals surface area contributed by atoms with Crippen molar-refractivity contribution in [3.05, 3.63) is 30.5 Å². The number of hydrogen-bond donors (Lipinski definition) is 1. The van der Waals surface area contributed by atoms with Crippen molar-refractivity contribution >= 4 is 10.9 Å². The summed E-state index contributed by atoms with van der Waals surface area (Å²) in [5.74, 6) is 0.341. The van der Waals surface area contributed by atoms with Crippen LogP contribution >= 0.6 is 0 Å². The fraction of sp³-hybridized carbons (Fsp3) is 0.273. The van der Waals surface area contributed by atoms with Crippen molar-refractivity contribution in [1.29, 1.82) is 0 Å². The zero-order valence-corrected chi connectivity index (χ0v) is 8.73. The smallest absolute Gasteiger partial charge is 0.146 e. The van der Waals surface area contributed by atoms with Crippen molar-refractivity contribution < 1.29 is 5.11 Å². The van der Waals surface area contributed by atoms with Crippen LogP contribution in [-0.2, 0) is 0 Å². The number of fused-ring (bicyclic) bond motifs is 1. The molecule has 74 valence electrons. The number of aromatic nitrogens is 1. The van der Waals surface area contributed by atoms with Crippen LogP contribution in [0.2, 0.25) is 0 Å². The lowest BCUT2D eigenvalue weighted by Gasteiger charge is -2.25. The van der Waals surface area contributed by atoms with Crippen LogP contribution in [0.1, 0.15) is 0 Å². The van der Waals surface area contributed by atoms with Gasteiger partial charge in [0.15, 0.2) is 0 Å². The molecule has 0 unspecified atom stereocenters. The Morgan fingerprint density at radius 3 is 2.43 bits per heavy atom. The van der Waals surface area contributed by atoms with E-state index in [-0.39, 0.29) is 0 Å². The molecule has 3 heteroatoms. The Morgan fingerprint density at radius 2 is 1.79 bits per heavy atom. The van der Waals surface area contributed by atoms with E-state index in [9.17, 15) is 5.11 Å². The molecular formula is C11H15N2O+. The average molecular weight is 191 g/mol. The zero-order chi connectivity index (χ0) is 10.3. The molecule has 0 saturated carbocycles. The lowest BCUT2D eigenvalue weighted by atomic mass is 10.2. The molecule has 0 aliphatic carbocycles. The van der Waals surface area contributed by atoms with E-state index >= 15 is 0 Å². The summed E-state index contributed by atoms with van der Waals surface area (Å²) in [6.45, 7) is 0. The third-order valence-electron chi connectivity index (χ3n) is 2.32. The Hall–Kier alpha value is -1.48. The number of nitrogens with zero attached hydrogens (tertiary/aromatic N) is 2. The van der Waals surface area contributed by atoms with Crippen LogP contribution in [0, 0.1) is 0 Å². The van der Waals surface area contributed by atoms with Crippen molar-refractivity contribution in [2.45, 2.75) is 0 Å². The minimum Gasteiger partial charge on any atom is -0.505 e. The number of aromatic hydroxyl groups is 1. The summed E-state index contributed by atoms with van der Waals surface area (Å²) >= 11 is 0. The van der Waals surface area contributed by atoms with Crippen molar-refractivity contribution in [1.82, 2.24) is 9.27 Å². The third kappa shape index (κ3) is 1.26. The van der Waals surface area contributed by atoms with E-state index in [2.05, 4.69) is 21.1 Å². The molecule has 0 radical (unpaired) electrons. The second-order valence-corrected chi connectivity index (χ2v) is 4.32. The van der Waals surface area contributed by atoms with Gasteiger partial charge in [-0.15, -0.1) is 0 Å². The Morgan fingerprint density at radius 1 is 1.14 bits per heavy atom. The highest BCUT2D eigenvalue weighted by Gasteiger charge is 2.16. The minimum atomic E-state index is 0.341. The number of benzene rings is 1. The van der Waals surface area contributed by atoms with Gasteiger partial charge in [0.2, 0.25) is 0 Å². The van der Waals surface area contributed by atoms with Gasteiger partial charge >= 0.3 is 0 Å². The first kappa shape index (κ1) is 9.09. The molecule has 2 rings (SSSR count). The Kier molecular flexibility index (Phi) is 1.79. The number of hydrogen-bond acceptors (Lipinski definition) is 1. The van der Waals surface area contributed by atoms with Gasteiger partial charge in [0, 0.05) is 5.39 Å². The topological polar surface area (TPSA) is 25.2 Å². The van der Waals surface area contributed by atoms with E-state index in [0.29, 0.717) is 10.3 Å². The Balaban J connectivity index is 2.80. The van der Waals surface area contributed by atoms with Crippen LogP contribution in [0.25, 0.3) is 10.9 Å². The second kappa shape index (κ2) is 2.75. The quantitative estimate of drug-likeness (QED) is 0.681. The maximum absolute atomic E-state index is 9.72. The highest BCUT2D eigenvalue weighted by molar-refractivity contribution is 5.86. The van der Waals surface area contributed by atoms with Gasteiger partial charge in [-0.25, -0.2) is 4.59 Å². The van der Waals surface area contributed by atoms with Crippen LogP contribution < -0.4 is 4.59 Å². The van der Waals surface area contributed by atoms with Gasteiger partial charge in [-0.1, -0.05) is 12.1 Å². The van der Waals surface area contributed by atoms with Gasteiger partial charge in [0.05, 0.1) is 21.1 Å². The van der Waals surface area contributed by atoms with Gasteiger partial charge in [-0.3, -0.25) is 0 Å². The number of rotatable bonds is 1. The maximum Gasteiger partial charge on any atom is 0.146 e. The SMILES string of the molecule is C[N+](C)(C)n1cc(O)c2ccccc21. The maximum atomic E-state index is 9.72. The molecule has 0 fully saturated rings. The van der Waals surface area contributed by atoms with Crippen LogP contribution in [0.4, 0.5) is 0 Å². The van der Waals surface area contributed by atoms with Gasteiger partial charge < -0.3 is 5.11 Å². The molecule has 0 aliphatic rings. The van der Waals surface area contributed by atoms with E-state index in [4.69, 9.17) is 0 Å². The summed E-state index contributed by atoms with van der Waals surface area (Å²) in [6, 6.07) is 7.85. The van der Waals surface area contributed by atoms with Gasteiger partial charge in [0.25, 0.3) is 0 Å². The zero-order valence-electron chi connectivity index (χ0n) is 8.73. The first-order valence-corrected chi connectivity index (χ1v) is 4.61. The Labute approximate surface area is 83.4 Å². The summed E-state index contributed by atoms with van der Waals surface area (Å²) in [5.41, 5.74) is 1.05. The van der Waals surface area contributed by atoms with E-state index in [1.165, 1.54) is 0 Å². The molecule has 1 aromatic carbocycles. The normalized spacial score (nSPS) is 12.2. The number of quaternary nitrogens is 1. The molecule has 0 bridgehead atoms. The molecule has 0 atom stereocenters. The van der Waals surface area contributed by atoms with Gasteiger partial charge in [0.1, 0.15) is 17.5 Å². The summed E-state index contributed by atoms with van der Waals surface area (Å²) < 4.78 is 2.67. The summed E-state index contributed by atoms with van der Waals surface area (Å²) in [7, 11) is 6.18. The van der Waals surface area contributed by atoms with Crippen molar-refractivity contribution in [3.8, 4) is 5.75 Å². The molecule has 0 amide bonds. The molecule has 14 heavy (non-hydrogen) atoms. The molecule has 1 N–H and O–H groups in total. The molecule has 1 heterocycles. The van der Waals surface area contributed by atoms with E-state index in [1.807, 2.05) is 28.9 Å². The van der Waals surface area contributed by atoms with E-state index in [0.717, 1.165) is 10.9 Å². The monoisotopic (exact) mass is 191 g/mol. The average Bonchev–Trinajstić information content (AvgIpc) is 2.44. The van der Waals surface area contributed by atoms with Gasteiger partial charge in [-0.05, 0) is 12.1 Å². The molecule has 0 spiro atoms. The molecule has 3 nitrogen and oxygen atoms in total. The number of para-hydroxylation sites is 1. The standard InChI is InChI=1S/C11H14N2O/c1-13(2,3)12-8-11(14)9-6-4-5-7-10(9)12/h4-8H,1-3H3/p+1. The third-order valence-corrected chi connectivity index (χ3v) is 2.32. The largest absolute Gasteiger partial charge is 0.505 e. The lowest BCUT2D eigenvalue weighted by molar-refractivity contribution is 0.268. The molecule has 0 saturated heterocycles. The molecule has 0 aliphatic heterocycles. The summed E-state index contributed by atoms with van der Waals surface area (Å²) in [5, 5.41) is 10.6. The lowest BCUT2D eigenvalue weighted by Crippen LogP contribution is -2.45. The fourth-order valence-corrected chi connectivity index (χ4v) is 1.64. The van der Waals surface area contributed by atoms with E-state index < -0.39 is 0 Å². The molecular weight excluding hydrogens is 176 g/mol. The first-order chi connectivity index (χ1) is 6.50. The van der Waals surface area contributed by atoms with Crippen molar-refractivity contribution in [2.75, 3.05) is 21.1 Å². The van der Waals surface area contributed by atoms with Crippen LogP contribution in [0.3, 0.4) is 0 Å². The second-order valence-electron chi connectivity index (χ2n) is 4.32. The van der Waals surface area contributed by atoms with Crippen molar-refractivity contribution in [3.63, 3.8) is 0 Å². The predicted octanol–water partition coefficient (Wildman–Crippen LogP) is 1.68. The fourth-order valence-electron chi connectivity index (χ4n) is 1.64. The van der Waals surface area contributed by atoms with Crippen LogP contribution in [0.5, 0.6) is 5.75 Å². The van der Waals surface area contributed by atoms with Crippen LogP contribution in [0.15, 0.2) is 30.5 Å². The highest BCUT2D eigenvalue weighted by Crippen LogP contribution is 2.27. The van der Waals surface area contributed by atoms with Crippen LogP contribution in [-0.4, -0.2) is 30.9 Å². The molecule has 2 aromatic rings. The Bertz CT molecular complexity index is 466. The summed E-state index contributed by atoms with van der Waals surface area (Å²) in [4.78, 5) is 0. The summed E-state index contributed by atoms with van der Waals surface area (Å²) in [6.07, 6.45) is 1.77. The van der Waals surface area contributed by atoms with Gasteiger partial charge in [-0.2, -0.15) is 4.68 Å². The van der Waals surface area contributed by atoms with E-state index in [1.54, 1.807) is 6.20 Å². The highest BCUT2D eigenvalue weighted by atomic mass is 16.3. The first-order valence-electron chi connectivity index (χ1n) is 4.61. The molecule has 1 aromatic heterocycles. The minimum absolute atomic E-state index is 0.341. The predicted molar refractivity (Wildman–Crippen MR) is 58.9 cm³/mol. The van der Waals surface area contributed by atoms with Crippen molar-refractivity contribution in [2.24, 2.45) is 0 Å².